The topological polar surface area (TPSA) is 12.0 Å². The molecule has 1 aliphatic rings. The van der Waals surface area contributed by atoms with Gasteiger partial charge in [0.15, 0.2) is 0 Å². The molecule has 0 radical (unpaired) electrons. The van der Waals surface area contributed by atoms with Gasteiger partial charge in [0.2, 0.25) is 0 Å². The molecule has 1 nitrogen and oxygen atoms in total. The molecule has 1 fully saturated rings. The van der Waals surface area contributed by atoms with Crippen LogP contribution >= 0.6 is 0 Å². The molecule has 0 amide bonds. The van der Waals surface area contributed by atoms with Crippen molar-refractivity contribution in [3.63, 3.8) is 0 Å². The quantitative estimate of drug-likeness (QED) is 0.856. The van der Waals surface area contributed by atoms with Gasteiger partial charge in [-0.3, -0.25) is 0 Å². The zero-order valence-electron chi connectivity index (χ0n) is 11.6. The fraction of sp³-hybridized carbons (Fsp3) is 0.444. The molecule has 100 valence electrons. The summed E-state index contributed by atoms with van der Waals surface area (Å²) in [7, 11) is 0. The van der Waals surface area contributed by atoms with Crippen molar-refractivity contribution in [2.45, 2.75) is 44.6 Å². The average molecular weight is 253 g/mol. The molecule has 19 heavy (non-hydrogen) atoms. The van der Waals surface area contributed by atoms with Gasteiger partial charge in [0, 0.05) is 6.04 Å². The Morgan fingerprint density at radius 3 is 2.53 bits per heavy atom. The van der Waals surface area contributed by atoms with E-state index in [-0.39, 0.29) is 0 Å². The number of fused-ring (bicyclic) bond motifs is 1. The van der Waals surface area contributed by atoms with Gasteiger partial charge in [0.05, 0.1) is 0 Å². The Bertz CT molecular complexity index is 526. The molecule has 0 heterocycles. The molecule has 1 saturated carbocycles. The van der Waals surface area contributed by atoms with Crippen molar-refractivity contribution in [1.82, 2.24) is 5.32 Å². The average Bonchev–Trinajstić information content (AvgIpc) is 2.48. The van der Waals surface area contributed by atoms with Crippen LogP contribution in [-0.2, 0) is 6.42 Å². The van der Waals surface area contributed by atoms with E-state index in [9.17, 15) is 0 Å². The first kappa shape index (κ1) is 12.7. The van der Waals surface area contributed by atoms with E-state index >= 15 is 0 Å². The van der Waals surface area contributed by atoms with Crippen molar-refractivity contribution >= 4 is 10.8 Å². The Hall–Kier alpha value is -1.34. The first-order valence-electron chi connectivity index (χ1n) is 7.63. The molecule has 0 saturated heterocycles. The van der Waals surface area contributed by atoms with Crippen LogP contribution < -0.4 is 5.32 Å². The third-order valence-corrected chi connectivity index (χ3v) is 4.27. The first-order chi connectivity index (χ1) is 9.42. The zero-order valence-corrected chi connectivity index (χ0v) is 11.6. The van der Waals surface area contributed by atoms with E-state index in [1.807, 2.05) is 0 Å². The lowest BCUT2D eigenvalue weighted by molar-refractivity contribution is 0.375. The monoisotopic (exact) mass is 253 g/mol. The highest BCUT2D eigenvalue weighted by Crippen LogP contribution is 2.18. The van der Waals surface area contributed by atoms with E-state index in [4.69, 9.17) is 0 Å². The summed E-state index contributed by atoms with van der Waals surface area (Å²) in [5, 5.41) is 6.42. The van der Waals surface area contributed by atoms with Crippen molar-refractivity contribution in [1.29, 1.82) is 0 Å². The van der Waals surface area contributed by atoms with Gasteiger partial charge in [0.25, 0.3) is 0 Å². The second-order valence-corrected chi connectivity index (χ2v) is 5.72. The highest BCUT2D eigenvalue weighted by atomic mass is 14.9. The molecule has 3 rings (SSSR count). The minimum absolute atomic E-state index is 0.772. The molecule has 0 aromatic heterocycles. The van der Waals surface area contributed by atoms with Crippen LogP contribution in [0, 0.1) is 0 Å². The maximum atomic E-state index is 3.72. The summed E-state index contributed by atoms with van der Waals surface area (Å²) in [6.07, 6.45) is 8.14. The van der Waals surface area contributed by atoms with Crippen LogP contribution in [0.3, 0.4) is 0 Å². The van der Waals surface area contributed by atoms with E-state index in [1.54, 1.807) is 0 Å². The van der Waals surface area contributed by atoms with Crippen LogP contribution in [0.25, 0.3) is 10.8 Å². The van der Waals surface area contributed by atoms with Crippen molar-refractivity contribution in [3.05, 3.63) is 48.0 Å². The Balaban J connectivity index is 1.56. The van der Waals surface area contributed by atoms with Gasteiger partial charge >= 0.3 is 0 Å². The molecule has 1 heteroatoms. The van der Waals surface area contributed by atoms with E-state index in [0.29, 0.717) is 0 Å². The van der Waals surface area contributed by atoms with Crippen molar-refractivity contribution in [2.75, 3.05) is 6.54 Å². The van der Waals surface area contributed by atoms with E-state index < -0.39 is 0 Å². The van der Waals surface area contributed by atoms with Gasteiger partial charge in [-0.05, 0) is 42.1 Å². The predicted octanol–water partition coefficient (Wildman–Crippen LogP) is 4.30. The van der Waals surface area contributed by atoms with Crippen LogP contribution in [0.4, 0.5) is 0 Å². The molecule has 0 unspecified atom stereocenters. The SMILES string of the molecule is c1ccc2cc(CCNC3CCCCC3)ccc2c1. The first-order valence-corrected chi connectivity index (χ1v) is 7.63. The Morgan fingerprint density at radius 2 is 1.68 bits per heavy atom. The molecule has 2 aromatic rings. The lowest BCUT2D eigenvalue weighted by Crippen LogP contribution is -2.32. The van der Waals surface area contributed by atoms with Gasteiger partial charge < -0.3 is 5.32 Å². The summed E-state index contributed by atoms with van der Waals surface area (Å²) >= 11 is 0. The lowest BCUT2D eigenvalue weighted by atomic mass is 9.95. The van der Waals surface area contributed by atoms with Crippen molar-refractivity contribution in [3.8, 4) is 0 Å². The predicted molar refractivity (Wildman–Crippen MR) is 82.5 cm³/mol. The molecule has 1 aliphatic carbocycles. The fourth-order valence-corrected chi connectivity index (χ4v) is 3.12. The summed E-state index contributed by atoms with van der Waals surface area (Å²) in [6.45, 7) is 1.11. The van der Waals surface area contributed by atoms with Gasteiger partial charge in [-0.25, -0.2) is 0 Å². The Kier molecular flexibility index (Phi) is 4.14. The van der Waals surface area contributed by atoms with Crippen LogP contribution in [0.15, 0.2) is 42.5 Å². The Morgan fingerprint density at radius 1 is 0.895 bits per heavy atom. The zero-order chi connectivity index (χ0) is 12.9. The number of rotatable bonds is 4. The lowest BCUT2D eigenvalue weighted by Gasteiger charge is -2.22. The molecule has 0 bridgehead atoms. The molecule has 1 N–H and O–H groups in total. The maximum Gasteiger partial charge on any atom is 0.00671 e. The number of nitrogens with one attached hydrogen (secondary N) is 1. The number of benzene rings is 2. The second-order valence-electron chi connectivity index (χ2n) is 5.72. The minimum atomic E-state index is 0.772. The fourth-order valence-electron chi connectivity index (χ4n) is 3.12. The number of hydrogen-bond acceptors (Lipinski definition) is 1. The van der Waals surface area contributed by atoms with Gasteiger partial charge in [-0.2, -0.15) is 0 Å². The van der Waals surface area contributed by atoms with E-state index in [0.717, 1.165) is 19.0 Å². The van der Waals surface area contributed by atoms with Crippen LogP contribution in [0.5, 0.6) is 0 Å². The van der Waals surface area contributed by atoms with Gasteiger partial charge in [-0.1, -0.05) is 61.7 Å². The highest BCUT2D eigenvalue weighted by Gasteiger charge is 2.11. The normalized spacial score (nSPS) is 16.8. The summed E-state index contributed by atoms with van der Waals surface area (Å²) in [5.41, 5.74) is 1.45. The maximum absolute atomic E-state index is 3.72. The summed E-state index contributed by atoms with van der Waals surface area (Å²) in [6, 6.07) is 16.2. The Labute approximate surface area is 116 Å². The van der Waals surface area contributed by atoms with Crippen LogP contribution in [0.1, 0.15) is 37.7 Å². The highest BCUT2D eigenvalue weighted by molar-refractivity contribution is 5.82. The third-order valence-electron chi connectivity index (χ3n) is 4.27. The summed E-state index contributed by atoms with van der Waals surface area (Å²) in [5.74, 6) is 0. The van der Waals surface area contributed by atoms with Crippen LogP contribution in [-0.4, -0.2) is 12.6 Å². The molecule has 2 aromatic carbocycles. The molecule has 0 aliphatic heterocycles. The second kappa shape index (κ2) is 6.21. The van der Waals surface area contributed by atoms with Crippen molar-refractivity contribution < 1.29 is 0 Å². The largest absolute Gasteiger partial charge is 0.314 e. The minimum Gasteiger partial charge on any atom is -0.314 e. The van der Waals surface area contributed by atoms with Gasteiger partial charge in [0.1, 0.15) is 0 Å². The van der Waals surface area contributed by atoms with E-state index in [2.05, 4.69) is 47.8 Å². The third kappa shape index (κ3) is 3.36. The van der Waals surface area contributed by atoms with Crippen LogP contribution in [0.2, 0.25) is 0 Å². The summed E-state index contributed by atoms with van der Waals surface area (Å²) in [4.78, 5) is 0. The van der Waals surface area contributed by atoms with E-state index in [1.165, 1.54) is 48.4 Å². The molecular formula is C18H23N. The molecule has 0 atom stereocenters. The van der Waals surface area contributed by atoms with Gasteiger partial charge in [-0.15, -0.1) is 0 Å². The standard InChI is InChI=1S/C18H23N/c1-2-8-18(9-3-1)19-13-12-15-10-11-16-6-4-5-7-17(16)14-15/h4-7,10-11,14,18-19H,1-3,8-9,12-13H2. The smallest absolute Gasteiger partial charge is 0.00671 e. The van der Waals surface area contributed by atoms with Crippen molar-refractivity contribution in [2.24, 2.45) is 0 Å². The molecule has 0 spiro atoms. The number of hydrogen-bond donors (Lipinski definition) is 1. The molecular weight excluding hydrogens is 230 g/mol. The summed E-state index contributed by atoms with van der Waals surface area (Å²) < 4.78 is 0.